The molecule has 1 atom stereocenters. The second kappa shape index (κ2) is 5.31. The normalized spacial score (nSPS) is 20.6. The van der Waals surface area contributed by atoms with Crippen molar-refractivity contribution in [1.29, 1.82) is 0 Å². The van der Waals surface area contributed by atoms with Crippen LogP contribution in [0.3, 0.4) is 0 Å². The Bertz CT molecular complexity index is 419. The van der Waals surface area contributed by atoms with Gasteiger partial charge in [-0.15, -0.1) is 0 Å². The number of rotatable bonds is 6. The van der Waals surface area contributed by atoms with Crippen LogP contribution in [0.15, 0.2) is 6.20 Å². The molecule has 1 aliphatic rings. The molecule has 0 spiro atoms. The van der Waals surface area contributed by atoms with Gasteiger partial charge in [0.05, 0.1) is 6.20 Å². The van der Waals surface area contributed by atoms with Crippen LogP contribution >= 0.6 is 11.6 Å². The van der Waals surface area contributed by atoms with Crippen molar-refractivity contribution in [2.75, 3.05) is 23.7 Å². The maximum absolute atomic E-state index is 6.09. The zero-order valence-corrected chi connectivity index (χ0v) is 12.0. The molecule has 1 unspecified atom stereocenters. The molecule has 0 aromatic carbocycles. The molecule has 0 aliphatic heterocycles. The SMILES string of the molecule is CCCNc1ncc(Cl)c(NCC2CC2(C)C)n1. The van der Waals surface area contributed by atoms with Crippen LogP contribution in [0, 0.1) is 11.3 Å². The summed E-state index contributed by atoms with van der Waals surface area (Å²) in [5.41, 5.74) is 0.468. The predicted octanol–water partition coefficient (Wildman–Crippen LogP) is 3.41. The lowest BCUT2D eigenvalue weighted by atomic mass is 10.1. The van der Waals surface area contributed by atoms with Crippen molar-refractivity contribution in [2.24, 2.45) is 11.3 Å². The number of anilines is 2. The van der Waals surface area contributed by atoms with E-state index in [0.29, 0.717) is 16.4 Å². The number of nitrogens with one attached hydrogen (secondary N) is 2. The van der Waals surface area contributed by atoms with Gasteiger partial charge in [0.1, 0.15) is 10.8 Å². The smallest absolute Gasteiger partial charge is 0.224 e. The Balaban J connectivity index is 1.94. The van der Waals surface area contributed by atoms with E-state index in [0.717, 1.165) is 31.2 Å². The van der Waals surface area contributed by atoms with Crippen molar-refractivity contribution in [1.82, 2.24) is 9.97 Å². The first-order valence-corrected chi connectivity index (χ1v) is 6.91. The molecule has 1 aromatic heterocycles. The summed E-state index contributed by atoms with van der Waals surface area (Å²) in [6.07, 6.45) is 3.96. The maximum atomic E-state index is 6.09. The van der Waals surface area contributed by atoms with Gasteiger partial charge in [-0.3, -0.25) is 0 Å². The van der Waals surface area contributed by atoms with Crippen molar-refractivity contribution in [3.8, 4) is 0 Å². The van der Waals surface area contributed by atoms with Crippen molar-refractivity contribution in [3.63, 3.8) is 0 Å². The summed E-state index contributed by atoms with van der Waals surface area (Å²) in [7, 11) is 0. The van der Waals surface area contributed by atoms with Gasteiger partial charge < -0.3 is 10.6 Å². The molecule has 1 heterocycles. The van der Waals surface area contributed by atoms with Crippen molar-refractivity contribution >= 4 is 23.4 Å². The van der Waals surface area contributed by atoms with Gasteiger partial charge in [0, 0.05) is 13.1 Å². The molecule has 0 saturated heterocycles. The molecule has 100 valence electrons. The summed E-state index contributed by atoms with van der Waals surface area (Å²) in [4.78, 5) is 8.55. The molecule has 18 heavy (non-hydrogen) atoms. The van der Waals surface area contributed by atoms with E-state index in [1.54, 1.807) is 6.20 Å². The number of halogens is 1. The maximum Gasteiger partial charge on any atom is 0.224 e. The van der Waals surface area contributed by atoms with E-state index in [-0.39, 0.29) is 0 Å². The van der Waals surface area contributed by atoms with Gasteiger partial charge >= 0.3 is 0 Å². The fraction of sp³-hybridized carbons (Fsp3) is 0.692. The van der Waals surface area contributed by atoms with Crippen molar-refractivity contribution < 1.29 is 0 Å². The van der Waals surface area contributed by atoms with Crippen LogP contribution in [-0.2, 0) is 0 Å². The third-order valence-electron chi connectivity index (χ3n) is 3.51. The average molecular weight is 269 g/mol. The molecule has 0 bridgehead atoms. The Morgan fingerprint density at radius 3 is 2.78 bits per heavy atom. The average Bonchev–Trinajstić information content (AvgIpc) is 2.94. The van der Waals surface area contributed by atoms with Crippen LogP contribution in [0.5, 0.6) is 0 Å². The molecule has 0 amide bonds. The van der Waals surface area contributed by atoms with Crippen LogP contribution in [0.25, 0.3) is 0 Å². The molecule has 0 radical (unpaired) electrons. The minimum absolute atomic E-state index is 0.468. The summed E-state index contributed by atoms with van der Waals surface area (Å²) >= 11 is 6.09. The standard InChI is InChI=1S/C13H21ClN4/c1-4-5-15-12-17-8-10(14)11(18-12)16-7-9-6-13(9,2)3/h8-9H,4-7H2,1-3H3,(H2,15,16,17,18). The van der Waals surface area contributed by atoms with Gasteiger partial charge in [-0.25, -0.2) is 4.98 Å². The first kappa shape index (κ1) is 13.4. The second-order valence-corrected chi connectivity index (χ2v) is 5.99. The third-order valence-corrected chi connectivity index (χ3v) is 3.79. The highest BCUT2D eigenvalue weighted by molar-refractivity contribution is 6.32. The van der Waals surface area contributed by atoms with E-state index in [2.05, 4.69) is 41.4 Å². The number of nitrogens with zero attached hydrogens (tertiary/aromatic N) is 2. The third kappa shape index (κ3) is 3.25. The van der Waals surface area contributed by atoms with E-state index in [4.69, 9.17) is 11.6 Å². The molecule has 1 aliphatic carbocycles. The van der Waals surface area contributed by atoms with Crippen LogP contribution in [-0.4, -0.2) is 23.1 Å². The molecular formula is C13H21ClN4. The monoisotopic (exact) mass is 268 g/mol. The number of hydrogen-bond acceptors (Lipinski definition) is 4. The number of hydrogen-bond donors (Lipinski definition) is 2. The van der Waals surface area contributed by atoms with Gasteiger partial charge in [-0.1, -0.05) is 32.4 Å². The largest absolute Gasteiger partial charge is 0.368 e. The van der Waals surface area contributed by atoms with Gasteiger partial charge in [0.15, 0.2) is 0 Å². The predicted molar refractivity (Wildman–Crippen MR) is 76.2 cm³/mol. The molecule has 2 N–H and O–H groups in total. The van der Waals surface area contributed by atoms with Crippen LogP contribution in [0.1, 0.15) is 33.6 Å². The fourth-order valence-corrected chi connectivity index (χ4v) is 2.12. The van der Waals surface area contributed by atoms with E-state index >= 15 is 0 Å². The van der Waals surface area contributed by atoms with Gasteiger partial charge in [0.25, 0.3) is 0 Å². The first-order chi connectivity index (χ1) is 8.53. The van der Waals surface area contributed by atoms with Crippen molar-refractivity contribution in [3.05, 3.63) is 11.2 Å². The summed E-state index contributed by atoms with van der Waals surface area (Å²) in [6, 6.07) is 0. The Kier molecular flexibility index (Phi) is 3.95. The molecular weight excluding hydrogens is 248 g/mol. The van der Waals surface area contributed by atoms with E-state index in [1.807, 2.05) is 0 Å². The lowest BCUT2D eigenvalue weighted by Gasteiger charge is -2.10. The zero-order chi connectivity index (χ0) is 13.2. The molecule has 5 heteroatoms. The van der Waals surface area contributed by atoms with Crippen LogP contribution < -0.4 is 10.6 Å². The Morgan fingerprint density at radius 1 is 1.44 bits per heavy atom. The quantitative estimate of drug-likeness (QED) is 0.830. The molecule has 1 aromatic rings. The molecule has 1 fully saturated rings. The van der Waals surface area contributed by atoms with Crippen LogP contribution in [0.2, 0.25) is 5.02 Å². The molecule has 2 rings (SSSR count). The minimum Gasteiger partial charge on any atom is -0.368 e. The first-order valence-electron chi connectivity index (χ1n) is 6.53. The Hall–Kier alpha value is -1.03. The Morgan fingerprint density at radius 2 is 2.17 bits per heavy atom. The highest BCUT2D eigenvalue weighted by atomic mass is 35.5. The molecule has 1 saturated carbocycles. The second-order valence-electron chi connectivity index (χ2n) is 5.59. The van der Waals surface area contributed by atoms with Crippen LogP contribution in [0.4, 0.5) is 11.8 Å². The molecule has 4 nitrogen and oxygen atoms in total. The van der Waals surface area contributed by atoms with Gasteiger partial charge in [-0.2, -0.15) is 4.98 Å². The zero-order valence-electron chi connectivity index (χ0n) is 11.3. The highest BCUT2D eigenvalue weighted by Crippen LogP contribution is 2.51. The minimum atomic E-state index is 0.468. The summed E-state index contributed by atoms with van der Waals surface area (Å²) < 4.78 is 0. The van der Waals surface area contributed by atoms with Crippen molar-refractivity contribution in [2.45, 2.75) is 33.6 Å². The number of aromatic nitrogens is 2. The topological polar surface area (TPSA) is 49.8 Å². The summed E-state index contributed by atoms with van der Waals surface area (Å²) in [5.74, 6) is 2.09. The summed E-state index contributed by atoms with van der Waals surface area (Å²) in [6.45, 7) is 8.48. The lowest BCUT2D eigenvalue weighted by Crippen LogP contribution is -2.11. The van der Waals surface area contributed by atoms with E-state index in [9.17, 15) is 0 Å². The highest BCUT2D eigenvalue weighted by Gasteiger charge is 2.45. The summed E-state index contributed by atoms with van der Waals surface area (Å²) in [5, 5.41) is 7.06. The van der Waals surface area contributed by atoms with E-state index < -0.39 is 0 Å². The Labute approximate surface area is 114 Å². The fourth-order valence-electron chi connectivity index (χ4n) is 1.96. The van der Waals surface area contributed by atoms with E-state index in [1.165, 1.54) is 6.42 Å². The van der Waals surface area contributed by atoms with Gasteiger partial charge in [0.2, 0.25) is 5.95 Å². The van der Waals surface area contributed by atoms with Gasteiger partial charge in [-0.05, 0) is 24.2 Å². The lowest BCUT2D eigenvalue weighted by molar-refractivity contribution is 0.573.